The highest BCUT2D eigenvalue weighted by atomic mass is 16.5. The van der Waals surface area contributed by atoms with E-state index < -0.39 is 5.54 Å². The molecular formula is C14H23NO3. The highest BCUT2D eigenvalue weighted by Gasteiger charge is 2.25. The van der Waals surface area contributed by atoms with E-state index >= 15 is 0 Å². The van der Waals surface area contributed by atoms with Gasteiger partial charge in [-0.25, -0.2) is 0 Å². The van der Waals surface area contributed by atoms with Crippen LogP contribution in [0.1, 0.15) is 25.8 Å². The van der Waals surface area contributed by atoms with E-state index in [0.29, 0.717) is 19.6 Å². The van der Waals surface area contributed by atoms with Crippen molar-refractivity contribution in [3.05, 3.63) is 29.8 Å². The van der Waals surface area contributed by atoms with Gasteiger partial charge < -0.3 is 20.3 Å². The normalized spacial score (nSPS) is 11.6. The van der Waals surface area contributed by atoms with E-state index in [1.807, 2.05) is 38.1 Å². The molecule has 0 aliphatic heterocycles. The van der Waals surface area contributed by atoms with E-state index in [1.54, 1.807) is 0 Å². The van der Waals surface area contributed by atoms with Crippen molar-refractivity contribution in [1.82, 2.24) is 5.32 Å². The number of para-hydroxylation sites is 1. The molecule has 0 unspecified atom stereocenters. The molecule has 0 aliphatic rings. The van der Waals surface area contributed by atoms with Crippen molar-refractivity contribution in [2.75, 3.05) is 19.8 Å². The van der Waals surface area contributed by atoms with Gasteiger partial charge in [0.15, 0.2) is 0 Å². The van der Waals surface area contributed by atoms with Crippen LogP contribution >= 0.6 is 0 Å². The highest BCUT2D eigenvalue weighted by molar-refractivity contribution is 5.33. The third kappa shape index (κ3) is 3.70. The van der Waals surface area contributed by atoms with Crippen LogP contribution in [0.2, 0.25) is 0 Å². The van der Waals surface area contributed by atoms with E-state index in [-0.39, 0.29) is 13.2 Å². The van der Waals surface area contributed by atoms with Crippen molar-refractivity contribution < 1.29 is 14.9 Å². The predicted molar refractivity (Wildman–Crippen MR) is 71.6 cm³/mol. The van der Waals surface area contributed by atoms with Crippen molar-refractivity contribution in [3.63, 3.8) is 0 Å². The van der Waals surface area contributed by atoms with Crippen LogP contribution in [0.15, 0.2) is 24.3 Å². The summed E-state index contributed by atoms with van der Waals surface area (Å²) in [7, 11) is 0. The first-order valence-corrected chi connectivity index (χ1v) is 6.38. The van der Waals surface area contributed by atoms with Gasteiger partial charge in [-0.15, -0.1) is 0 Å². The lowest BCUT2D eigenvalue weighted by molar-refractivity contribution is 0.0861. The quantitative estimate of drug-likeness (QED) is 0.653. The number of nitrogens with one attached hydrogen (secondary N) is 1. The number of hydrogen-bond donors (Lipinski definition) is 3. The first-order valence-electron chi connectivity index (χ1n) is 6.38. The molecule has 0 bridgehead atoms. The maximum absolute atomic E-state index is 9.37. The summed E-state index contributed by atoms with van der Waals surface area (Å²) in [5.74, 6) is 0.841. The van der Waals surface area contributed by atoms with Crippen LogP contribution in [-0.4, -0.2) is 35.6 Å². The molecule has 1 rings (SSSR count). The van der Waals surface area contributed by atoms with Crippen LogP contribution in [-0.2, 0) is 6.54 Å². The largest absolute Gasteiger partial charge is 0.494 e. The summed E-state index contributed by atoms with van der Waals surface area (Å²) in [6.45, 7) is 4.89. The molecule has 0 heterocycles. The molecule has 102 valence electrons. The summed E-state index contributed by atoms with van der Waals surface area (Å²) in [4.78, 5) is 0. The minimum atomic E-state index is -0.626. The Balaban J connectivity index is 2.72. The van der Waals surface area contributed by atoms with Gasteiger partial charge in [0.25, 0.3) is 0 Å². The fraction of sp³-hybridized carbons (Fsp3) is 0.571. The zero-order chi connectivity index (χ0) is 13.4. The molecule has 18 heavy (non-hydrogen) atoms. The van der Waals surface area contributed by atoms with Crippen molar-refractivity contribution in [2.45, 2.75) is 32.4 Å². The Kier molecular flexibility index (Phi) is 6.12. The first kappa shape index (κ1) is 15.0. The standard InChI is InChI=1S/C14H23NO3/c1-3-14(10-16,11-17)15-9-12-7-5-6-8-13(12)18-4-2/h5-8,15-17H,3-4,9-11H2,1-2H3. The number of ether oxygens (including phenoxy) is 1. The van der Waals surface area contributed by atoms with Gasteiger partial charge in [0.05, 0.1) is 25.4 Å². The SMILES string of the molecule is CCOc1ccccc1CNC(CC)(CO)CO. The highest BCUT2D eigenvalue weighted by Crippen LogP contribution is 2.19. The van der Waals surface area contributed by atoms with Crippen molar-refractivity contribution in [1.29, 1.82) is 0 Å². The molecule has 0 spiro atoms. The summed E-state index contributed by atoms with van der Waals surface area (Å²) in [6.07, 6.45) is 0.663. The lowest BCUT2D eigenvalue weighted by Gasteiger charge is -2.30. The molecular weight excluding hydrogens is 230 g/mol. The van der Waals surface area contributed by atoms with Crippen molar-refractivity contribution in [3.8, 4) is 5.75 Å². The molecule has 3 N–H and O–H groups in total. The number of aliphatic hydroxyl groups is 2. The fourth-order valence-corrected chi connectivity index (χ4v) is 1.74. The predicted octanol–water partition coefficient (Wildman–Crippen LogP) is 1.31. The zero-order valence-electron chi connectivity index (χ0n) is 11.1. The Morgan fingerprint density at radius 1 is 1.17 bits per heavy atom. The average molecular weight is 253 g/mol. The number of aliphatic hydroxyl groups excluding tert-OH is 2. The van der Waals surface area contributed by atoms with Gasteiger partial charge in [-0.05, 0) is 19.4 Å². The molecule has 0 amide bonds. The van der Waals surface area contributed by atoms with Gasteiger partial charge in [0.2, 0.25) is 0 Å². The second-order valence-electron chi connectivity index (χ2n) is 4.34. The van der Waals surface area contributed by atoms with E-state index in [9.17, 15) is 10.2 Å². The van der Waals surface area contributed by atoms with E-state index in [4.69, 9.17) is 4.74 Å². The van der Waals surface area contributed by atoms with Crippen LogP contribution in [0.3, 0.4) is 0 Å². The molecule has 0 aromatic heterocycles. The number of rotatable bonds is 8. The Morgan fingerprint density at radius 2 is 1.83 bits per heavy atom. The first-order chi connectivity index (χ1) is 8.71. The third-order valence-corrected chi connectivity index (χ3v) is 3.21. The summed E-state index contributed by atoms with van der Waals surface area (Å²) in [5.41, 5.74) is 0.401. The molecule has 0 saturated carbocycles. The number of benzene rings is 1. The molecule has 0 saturated heterocycles. The molecule has 0 atom stereocenters. The molecule has 1 aromatic carbocycles. The molecule has 4 heteroatoms. The lowest BCUT2D eigenvalue weighted by Crippen LogP contribution is -2.50. The molecule has 1 aromatic rings. The Morgan fingerprint density at radius 3 is 2.39 bits per heavy atom. The summed E-state index contributed by atoms with van der Waals surface area (Å²) < 4.78 is 5.54. The summed E-state index contributed by atoms with van der Waals surface area (Å²) >= 11 is 0. The fourth-order valence-electron chi connectivity index (χ4n) is 1.74. The second kappa shape index (κ2) is 7.36. The van der Waals surface area contributed by atoms with Gasteiger partial charge in [-0.2, -0.15) is 0 Å². The van der Waals surface area contributed by atoms with E-state index in [1.165, 1.54) is 0 Å². The topological polar surface area (TPSA) is 61.7 Å². The summed E-state index contributed by atoms with van der Waals surface area (Å²) in [5, 5.41) is 22.0. The van der Waals surface area contributed by atoms with Crippen LogP contribution in [0.25, 0.3) is 0 Å². The van der Waals surface area contributed by atoms with Crippen molar-refractivity contribution >= 4 is 0 Å². The molecule has 0 radical (unpaired) electrons. The maximum Gasteiger partial charge on any atom is 0.123 e. The Labute approximate surface area is 109 Å². The second-order valence-corrected chi connectivity index (χ2v) is 4.34. The Bertz CT molecular complexity index is 342. The van der Waals surface area contributed by atoms with Crippen LogP contribution < -0.4 is 10.1 Å². The Hall–Kier alpha value is -1.10. The third-order valence-electron chi connectivity index (χ3n) is 3.21. The summed E-state index contributed by atoms with van der Waals surface area (Å²) in [6, 6.07) is 7.78. The monoisotopic (exact) mass is 253 g/mol. The van der Waals surface area contributed by atoms with Gasteiger partial charge in [0.1, 0.15) is 5.75 Å². The molecule has 0 fully saturated rings. The lowest BCUT2D eigenvalue weighted by atomic mass is 9.98. The average Bonchev–Trinajstić information content (AvgIpc) is 2.43. The van der Waals surface area contributed by atoms with E-state index in [0.717, 1.165) is 11.3 Å². The van der Waals surface area contributed by atoms with Gasteiger partial charge in [-0.3, -0.25) is 0 Å². The minimum absolute atomic E-state index is 0.0865. The molecule has 0 aliphatic carbocycles. The van der Waals surface area contributed by atoms with E-state index in [2.05, 4.69) is 5.32 Å². The van der Waals surface area contributed by atoms with Gasteiger partial charge in [0, 0.05) is 12.1 Å². The number of hydrogen-bond acceptors (Lipinski definition) is 4. The smallest absolute Gasteiger partial charge is 0.123 e. The molecule has 4 nitrogen and oxygen atoms in total. The minimum Gasteiger partial charge on any atom is -0.494 e. The van der Waals surface area contributed by atoms with Crippen molar-refractivity contribution in [2.24, 2.45) is 0 Å². The van der Waals surface area contributed by atoms with Crippen LogP contribution in [0, 0.1) is 0 Å². The van der Waals surface area contributed by atoms with Crippen LogP contribution in [0.5, 0.6) is 5.75 Å². The van der Waals surface area contributed by atoms with Gasteiger partial charge >= 0.3 is 0 Å². The van der Waals surface area contributed by atoms with Crippen LogP contribution in [0.4, 0.5) is 0 Å². The maximum atomic E-state index is 9.37. The zero-order valence-corrected chi connectivity index (χ0v) is 11.1. The van der Waals surface area contributed by atoms with Gasteiger partial charge in [-0.1, -0.05) is 25.1 Å².